The molecule has 0 radical (unpaired) electrons. The number of piperidine rings is 1. The number of halogens is 1. The summed E-state index contributed by atoms with van der Waals surface area (Å²) >= 11 is 0. The van der Waals surface area contributed by atoms with E-state index in [1.807, 2.05) is 19.1 Å². The molecular formula is C20H24FN3O2. The molecule has 26 heavy (non-hydrogen) atoms. The van der Waals surface area contributed by atoms with E-state index in [9.17, 15) is 9.18 Å². The molecule has 1 amide bonds. The zero-order valence-electron chi connectivity index (χ0n) is 14.9. The Morgan fingerprint density at radius 3 is 2.81 bits per heavy atom. The van der Waals surface area contributed by atoms with Crippen LogP contribution in [0.5, 0.6) is 5.75 Å². The maximum Gasteiger partial charge on any atom is 0.224 e. The van der Waals surface area contributed by atoms with Gasteiger partial charge in [0.25, 0.3) is 0 Å². The Morgan fingerprint density at radius 2 is 2.08 bits per heavy atom. The van der Waals surface area contributed by atoms with Gasteiger partial charge in [0.05, 0.1) is 18.7 Å². The van der Waals surface area contributed by atoms with Crippen molar-refractivity contribution in [3.05, 3.63) is 59.7 Å². The molecule has 1 aliphatic rings. The Balaban J connectivity index is 1.45. The fourth-order valence-corrected chi connectivity index (χ4v) is 3.05. The summed E-state index contributed by atoms with van der Waals surface area (Å²) in [5.74, 6) is 0.672. The molecule has 2 N–H and O–H groups in total. The van der Waals surface area contributed by atoms with Gasteiger partial charge in [0.2, 0.25) is 5.91 Å². The van der Waals surface area contributed by atoms with Gasteiger partial charge in [-0.05, 0) is 43.2 Å². The van der Waals surface area contributed by atoms with Crippen LogP contribution in [0.25, 0.3) is 0 Å². The van der Waals surface area contributed by atoms with Crippen LogP contribution in [-0.4, -0.2) is 30.6 Å². The molecule has 0 aliphatic carbocycles. The standard InChI is InChI=1S/C20H24FN3O2/c1-14-2-7-19(12-23-14)26-13-16-8-17(11-22-9-16)20(25)24-10-15-3-5-18(21)6-4-15/h2-7,12,16-17,22H,8-11,13H2,1H3,(H,24,25)/t16-,17+/m0/s1. The van der Waals surface area contributed by atoms with Gasteiger partial charge >= 0.3 is 0 Å². The molecule has 1 aromatic heterocycles. The molecule has 1 aliphatic heterocycles. The summed E-state index contributed by atoms with van der Waals surface area (Å²) < 4.78 is 18.7. The lowest BCUT2D eigenvalue weighted by atomic mass is 9.90. The summed E-state index contributed by atoms with van der Waals surface area (Å²) in [4.78, 5) is 16.6. The third-order valence-electron chi connectivity index (χ3n) is 4.56. The molecule has 2 heterocycles. The van der Waals surface area contributed by atoms with Crippen molar-refractivity contribution in [3.63, 3.8) is 0 Å². The number of ether oxygens (including phenoxy) is 1. The predicted molar refractivity (Wildman–Crippen MR) is 97.2 cm³/mol. The van der Waals surface area contributed by atoms with Crippen LogP contribution >= 0.6 is 0 Å². The van der Waals surface area contributed by atoms with Gasteiger partial charge in [-0.25, -0.2) is 4.39 Å². The number of nitrogens with zero attached hydrogens (tertiary/aromatic N) is 1. The molecule has 6 heteroatoms. The highest BCUT2D eigenvalue weighted by Crippen LogP contribution is 2.19. The van der Waals surface area contributed by atoms with E-state index in [1.54, 1.807) is 18.3 Å². The van der Waals surface area contributed by atoms with Crippen molar-refractivity contribution in [1.82, 2.24) is 15.6 Å². The largest absolute Gasteiger partial charge is 0.492 e. The Kier molecular flexibility index (Phi) is 6.17. The number of pyridine rings is 1. The second kappa shape index (κ2) is 8.76. The van der Waals surface area contributed by atoms with Crippen LogP contribution in [0.3, 0.4) is 0 Å². The van der Waals surface area contributed by atoms with Crippen molar-refractivity contribution < 1.29 is 13.9 Å². The van der Waals surface area contributed by atoms with Crippen LogP contribution in [0.1, 0.15) is 17.7 Å². The average Bonchev–Trinajstić information content (AvgIpc) is 2.67. The third-order valence-corrected chi connectivity index (χ3v) is 4.56. The van der Waals surface area contributed by atoms with E-state index in [1.165, 1.54) is 12.1 Å². The van der Waals surface area contributed by atoms with Crippen LogP contribution in [0, 0.1) is 24.6 Å². The number of carbonyl (C=O) groups excluding carboxylic acids is 1. The number of hydrogen-bond acceptors (Lipinski definition) is 4. The first kappa shape index (κ1) is 18.3. The van der Waals surface area contributed by atoms with Crippen LogP contribution in [-0.2, 0) is 11.3 Å². The zero-order valence-corrected chi connectivity index (χ0v) is 14.9. The Morgan fingerprint density at radius 1 is 1.27 bits per heavy atom. The van der Waals surface area contributed by atoms with Crippen LogP contribution in [0.15, 0.2) is 42.6 Å². The molecule has 138 valence electrons. The summed E-state index contributed by atoms with van der Waals surface area (Å²) in [6.45, 7) is 4.40. The van der Waals surface area contributed by atoms with E-state index in [0.29, 0.717) is 19.7 Å². The number of nitrogens with one attached hydrogen (secondary N) is 2. The summed E-state index contributed by atoms with van der Waals surface area (Å²) in [6, 6.07) is 9.99. The van der Waals surface area contributed by atoms with E-state index < -0.39 is 0 Å². The molecule has 1 saturated heterocycles. The van der Waals surface area contributed by atoms with E-state index >= 15 is 0 Å². The third kappa shape index (κ3) is 5.26. The molecule has 0 bridgehead atoms. The van der Waals surface area contributed by atoms with Crippen molar-refractivity contribution in [2.24, 2.45) is 11.8 Å². The van der Waals surface area contributed by atoms with Crippen LogP contribution < -0.4 is 15.4 Å². The minimum Gasteiger partial charge on any atom is -0.492 e. The van der Waals surface area contributed by atoms with Gasteiger partial charge < -0.3 is 15.4 Å². The second-order valence-corrected chi connectivity index (χ2v) is 6.75. The van der Waals surface area contributed by atoms with Crippen molar-refractivity contribution in [2.45, 2.75) is 19.9 Å². The number of hydrogen-bond donors (Lipinski definition) is 2. The molecule has 0 spiro atoms. The van der Waals surface area contributed by atoms with Gasteiger partial charge in [-0.2, -0.15) is 0 Å². The number of benzene rings is 1. The lowest BCUT2D eigenvalue weighted by Gasteiger charge is -2.29. The van der Waals surface area contributed by atoms with Gasteiger partial charge in [-0.1, -0.05) is 12.1 Å². The summed E-state index contributed by atoms with van der Waals surface area (Å²) in [6.07, 6.45) is 2.50. The quantitative estimate of drug-likeness (QED) is 0.834. The number of aromatic nitrogens is 1. The predicted octanol–water partition coefficient (Wildman–Crippen LogP) is 2.45. The van der Waals surface area contributed by atoms with E-state index in [-0.39, 0.29) is 23.6 Å². The minimum atomic E-state index is -0.275. The maximum absolute atomic E-state index is 12.9. The van der Waals surface area contributed by atoms with Crippen LogP contribution in [0.4, 0.5) is 4.39 Å². The lowest BCUT2D eigenvalue weighted by Crippen LogP contribution is -2.45. The molecule has 2 atom stereocenters. The smallest absolute Gasteiger partial charge is 0.224 e. The van der Waals surface area contributed by atoms with E-state index in [2.05, 4.69) is 15.6 Å². The first-order chi connectivity index (χ1) is 12.6. The Labute approximate surface area is 153 Å². The fraction of sp³-hybridized carbons (Fsp3) is 0.400. The average molecular weight is 357 g/mol. The number of amides is 1. The summed E-state index contributed by atoms with van der Waals surface area (Å²) in [7, 11) is 0. The maximum atomic E-state index is 12.9. The molecule has 1 fully saturated rings. The molecule has 0 saturated carbocycles. The van der Waals surface area contributed by atoms with Gasteiger partial charge in [-0.15, -0.1) is 0 Å². The zero-order chi connectivity index (χ0) is 18.4. The molecule has 1 aromatic carbocycles. The second-order valence-electron chi connectivity index (χ2n) is 6.75. The number of aryl methyl sites for hydroxylation is 1. The number of carbonyl (C=O) groups is 1. The van der Waals surface area contributed by atoms with E-state index in [4.69, 9.17) is 4.74 Å². The Bertz CT molecular complexity index is 719. The van der Waals surface area contributed by atoms with Crippen molar-refractivity contribution in [3.8, 4) is 5.75 Å². The topological polar surface area (TPSA) is 63.2 Å². The molecule has 2 aromatic rings. The van der Waals surface area contributed by atoms with Crippen LogP contribution in [0.2, 0.25) is 0 Å². The minimum absolute atomic E-state index is 0.0172. The SMILES string of the molecule is Cc1ccc(OC[C@@H]2CNC[C@H](C(=O)NCc3ccc(F)cc3)C2)cn1. The lowest BCUT2D eigenvalue weighted by molar-refractivity contribution is -0.126. The summed E-state index contributed by atoms with van der Waals surface area (Å²) in [5.41, 5.74) is 1.84. The van der Waals surface area contributed by atoms with Crippen molar-refractivity contribution in [2.75, 3.05) is 19.7 Å². The normalized spacial score (nSPS) is 19.8. The highest BCUT2D eigenvalue weighted by atomic mass is 19.1. The van der Waals surface area contributed by atoms with Crippen molar-refractivity contribution in [1.29, 1.82) is 0 Å². The highest BCUT2D eigenvalue weighted by Gasteiger charge is 2.27. The van der Waals surface area contributed by atoms with Crippen molar-refractivity contribution >= 4 is 5.91 Å². The number of rotatable bonds is 6. The fourth-order valence-electron chi connectivity index (χ4n) is 3.05. The van der Waals surface area contributed by atoms with Gasteiger partial charge in [0, 0.05) is 31.2 Å². The first-order valence-electron chi connectivity index (χ1n) is 8.88. The van der Waals surface area contributed by atoms with Gasteiger partial charge in [0.15, 0.2) is 0 Å². The molecule has 5 nitrogen and oxygen atoms in total. The molecular weight excluding hydrogens is 333 g/mol. The first-order valence-corrected chi connectivity index (χ1v) is 8.88. The Hall–Kier alpha value is -2.47. The van der Waals surface area contributed by atoms with Gasteiger partial charge in [0.1, 0.15) is 11.6 Å². The van der Waals surface area contributed by atoms with Gasteiger partial charge in [-0.3, -0.25) is 9.78 Å². The highest BCUT2D eigenvalue weighted by molar-refractivity contribution is 5.79. The summed E-state index contributed by atoms with van der Waals surface area (Å²) in [5, 5.41) is 6.25. The van der Waals surface area contributed by atoms with E-state index in [0.717, 1.165) is 30.0 Å². The molecule has 3 rings (SSSR count). The monoisotopic (exact) mass is 357 g/mol. The molecule has 0 unspecified atom stereocenters.